The van der Waals surface area contributed by atoms with E-state index in [0.29, 0.717) is 15.2 Å². The van der Waals surface area contributed by atoms with Gasteiger partial charge in [-0.25, -0.2) is 4.79 Å². The maximum atomic E-state index is 13.2. The number of fused-ring (bicyclic) bond motifs is 1. The van der Waals surface area contributed by atoms with Crippen molar-refractivity contribution < 1.29 is 9.90 Å². The number of hydrogen-bond acceptors (Lipinski definition) is 4. The van der Waals surface area contributed by atoms with Gasteiger partial charge in [-0.2, -0.15) is 0 Å². The lowest BCUT2D eigenvalue weighted by Crippen LogP contribution is -2.22. The summed E-state index contributed by atoms with van der Waals surface area (Å²) in [6, 6.07) is 13.7. The number of aromatic nitrogens is 2. The van der Waals surface area contributed by atoms with Crippen molar-refractivity contribution in [2.45, 2.75) is 6.54 Å². The van der Waals surface area contributed by atoms with Crippen LogP contribution in [-0.4, -0.2) is 20.6 Å². The molecule has 28 heavy (non-hydrogen) atoms. The van der Waals surface area contributed by atoms with Gasteiger partial charge < -0.3 is 10.1 Å². The van der Waals surface area contributed by atoms with Gasteiger partial charge in [0.1, 0.15) is 4.83 Å². The Kier molecular flexibility index (Phi) is 4.89. The molecule has 4 rings (SSSR count). The Labute approximate surface area is 173 Å². The standard InChI is InChI=1S/C20H13ClN2O3S2/c21-14-7-5-12(6-8-14)15-10-28-17-16(15)18(24)23(20(27)22-17)9-11-1-3-13(4-2-11)19(25)26/h1-8,10H,9H2,(H,22,27)(H,25,26). The van der Waals surface area contributed by atoms with Gasteiger partial charge in [0.25, 0.3) is 5.56 Å². The molecule has 0 aliphatic rings. The van der Waals surface area contributed by atoms with Gasteiger partial charge in [-0.15, -0.1) is 11.3 Å². The molecule has 5 nitrogen and oxygen atoms in total. The molecule has 0 bridgehead atoms. The third-order valence-electron chi connectivity index (χ3n) is 4.41. The summed E-state index contributed by atoms with van der Waals surface area (Å²) in [5.41, 5.74) is 2.51. The Balaban J connectivity index is 1.82. The molecule has 0 radical (unpaired) electrons. The third-order valence-corrected chi connectivity index (χ3v) is 5.88. The van der Waals surface area contributed by atoms with Gasteiger partial charge in [0.2, 0.25) is 0 Å². The molecule has 0 saturated carbocycles. The molecule has 0 saturated heterocycles. The van der Waals surface area contributed by atoms with E-state index in [4.69, 9.17) is 28.9 Å². The summed E-state index contributed by atoms with van der Waals surface area (Å²) in [7, 11) is 0. The molecule has 0 aliphatic carbocycles. The second kappa shape index (κ2) is 7.35. The lowest BCUT2D eigenvalue weighted by atomic mass is 10.1. The lowest BCUT2D eigenvalue weighted by Gasteiger charge is -2.08. The molecule has 0 unspecified atom stereocenters. The molecule has 140 valence electrons. The maximum absolute atomic E-state index is 13.2. The Morgan fingerprint density at radius 1 is 1.14 bits per heavy atom. The van der Waals surface area contributed by atoms with Gasteiger partial charge >= 0.3 is 5.97 Å². The summed E-state index contributed by atoms with van der Waals surface area (Å²) in [6.07, 6.45) is 0. The van der Waals surface area contributed by atoms with Crippen molar-refractivity contribution in [3.05, 3.63) is 85.2 Å². The summed E-state index contributed by atoms with van der Waals surface area (Å²) in [4.78, 5) is 28.1. The van der Waals surface area contributed by atoms with Crippen LogP contribution in [0.5, 0.6) is 0 Å². The number of halogens is 1. The van der Waals surface area contributed by atoms with E-state index in [-0.39, 0.29) is 17.7 Å². The first-order chi connectivity index (χ1) is 13.4. The molecule has 2 heterocycles. The summed E-state index contributed by atoms with van der Waals surface area (Å²) < 4.78 is 1.81. The van der Waals surface area contributed by atoms with Crippen molar-refractivity contribution >= 4 is 51.3 Å². The molecular weight excluding hydrogens is 416 g/mol. The van der Waals surface area contributed by atoms with Crippen molar-refractivity contribution in [2.75, 3.05) is 0 Å². The molecule has 4 aromatic rings. The van der Waals surface area contributed by atoms with E-state index in [0.717, 1.165) is 21.5 Å². The van der Waals surface area contributed by atoms with E-state index < -0.39 is 5.97 Å². The first-order valence-electron chi connectivity index (χ1n) is 8.26. The zero-order valence-electron chi connectivity index (χ0n) is 14.3. The van der Waals surface area contributed by atoms with Crippen molar-refractivity contribution in [1.29, 1.82) is 0 Å². The number of carboxylic acids is 1. The fraction of sp³-hybridized carbons (Fsp3) is 0.0500. The maximum Gasteiger partial charge on any atom is 0.335 e. The smallest absolute Gasteiger partial charge is 0.335 e. The van der Waals surface area contributed by atoms with Crippen molar-refractivity contribution in [3.63, 3.8) is 0 Å². The highest BCUT2D eigenvalue weighted by Gasteiger charge is 2.14. The fourth-order valence-corrected chi connectivity index (χ4v) is 4.38. The summed E-state index contributed by atoms with van der Waals surface area (Å²) >= 11 is 12.8. The highest BCUT2D eigenvalue weighted by atomic mass is 35.5. The summed E-state index contributed by atoms with van der Waals surface area (Å²) in [6.45, 7) is 0.250. The number of aromatic amines is 1. The van der Waals surface area contributed by atoms with Crippen LogP contribution in [0.2, 0.25) is 5.02 Å². The Morgan fingerprint density at radius 2 is 1.82 bits per heavy atom. The Bertz CT molecular complexity index is 1300. The van der Waals surface area contributed by atoms with E-state index in [9.17, 15) is 9.59 Å². The average molecular weight is 429 g/mol. The first-order valence-corrected chi connectivity index (χ1v) is 9.93. The quantitative estimate of drug-likeness (QED) is 0.439. The summed E-state index contributed by atoms with van der Waals surface area (Å²) in [5.74, 6) is -0.992. The van der Waals surface area contributed by atoms with E-state index in [1.54, 1.807) is 24.3 Å². The SMILES string of the molecule is O=C(O)c1ccc(Cn2c(=S)[nH]c3scc(-c4ccc(Cl)cc4)c3c2=O)cc1. The number of carbonyl (C=O) groups is 1. The number of H-pyrrole nitrogens is 1. The minimum absolute atomic E-state index is 0.188. The molecule has 2 aromatic carbocycles. The zero-order chi connectivity index (χ0) is 19.8. The van der Waals surface area contributed by atoms with Crippen molar-refractivity contribution in [2.24, 2.45) is 0 Å². The molecule has 0 fully saturated rings. The number of rotatable bonds is 4. The van der Waals surface area contributed by atoms with Gasteiger partial charge in [-0.1, -0.05) is 35.9 Å². The largest absolute Gasteiger partial charge is 0.478 e. The van der Waals surface area contributed by atoms with Crippen LogP contribution < -0.4 is 5.56 Å². The molecule has 2 N–H and O–H groups in total. The fourth-order valence-electron chi connectivity index (χ4n) is 2.97. The van der Waals surface area contributed by atoms with Gasteiger partial charge in [-0.3, -0.25) is 9.36 Å². The van der Waals surface area contributed by atoms with Crippen LogP contribution in [0.4, 0.5) is 0 Å². The number of hydrogen-bond donors (Lipinski definition) is 2. The lowest BCUT2D eigenvalue weighted by molar-refractivity contribution is 0.0697. The number of benzene rings is 2. The number of nitrogens with one attached hydrogen (secondary N) is 1. The van der Waals surface area contributed by atoms with E-state index in [1.165, 1.54) is 28.0 Å². The predicted molar refractivity (Wildman–Crippen MR) is 114 cm³/mol. The number of nitrogens with zero attached hydrogens (tertiary/aromatic N) is 1. The second-order valence-corrected chi connectivity index (χ2v) is 7.89. The topological polar surface area (TPSA) is 75.1 Å². The van der Waals surface area contributed by atoms with Gasteiger partial charge in [0.15, 0.2) is 4.77 Å². The molecule has 0 amide bonds. The van der Waals surface area contributed by atoms with E-state index >= 15 is 0 Å². The molecule has 0 spiro atoms. The van der Waals surface area contributed by atoms with Crippen LogP contribution in [0, 0.1) is 4.77 Å². The second-order valence-electron chi connectivity index (χ2n) is 6.18. The minimum atomic E-state index is -0.992. The summed E-state index contributed by atoms with van der Waals surface area (Å²) in [5, 5.41) is 12.1. The molecule has 8 heteroatoms. The van der Waals surface area contributed by atoms with E-state index in [1.807, 2.05) is 17.5 Å². The van der Waals surface area contributed by atoms with Gasteiger partial charge in [0, 0.05) is 16.0 Å². The highest BCUT2D eigenvalue weighted by Crippen LogP contribution is 2.31. The molecular formula is C20H13ClN2O3S2. The normalized spacial score (nSPS) is 11.0. The third kappa shape index (κ3) is 3.40. The van der Waals surface area contributed by atoms with Crippen LogP contribution in [-0.2, 0) is 6.54 Å². The zero-order valence-corrected chi connectivity index (χ0v) is 16.7. The minimum Gasteiger partial charge on any atom is -0.478 e. The Hall–Kier alpha value is -2.74. The van der Waals surface area contributed by atoms with Crippen LogP contribution in [0.3, 0.4) is 0 Å². The van der Waals surface area contributed by atoms with Crippen LogP contribution in [0.25, 0.3) is 21.3 Å². The monoisotopic (exact) mass is 428 g/mol. The number of aromatic carboxylic acids is 1. The highest BCUT2D eigenvalue weighted by molar-refractivity contribution is 7.71. The van der Waals surface area contributed by atoms with Gasteiger partial charge in [-0.05, 0) is 47.6 Å². The van der Waals surface area contributed by atoms with Crippen LogP contribution >= 0.6 is 35.2 Å². The van der Waals surface area contributed by atoms with Crippen LogP contribution in [0.1, 0.15) is 15.9 Å². The Morgan fingerprint density at radius 3 is 2.46 bits per heavy atom. The number of carboxylic acid groups (broad SMARTS) is 1. The van der Waals surface area contributed by atoms with Gasteiger partial charge in [0.05, 0.1) is 17.5 Å². The molecule has 0 atom stereocenters. The predicted octanol–water partition coefficient (Wildman–Crippen LogP) is 5.19. The molecule has 0 aliphatic heterocycles. The van der Waals surface area contributed by atoms with Crippen molar-refractivity contribution in [1.82, 2.24) is 9.55 Å². The van der Waals surface area contributed by atoms with Crippen LogP contribution in [0.15, 0.2) is 58.7 Å². The number of thiophene rings is 1. The average Bonchev–Trinajstić information content (AvgIpc) is 3.10. The van der Waals surface area contributed by atoms with E-state index in [2.05, 4.69) is 4.98 Å². The first kappa shape index (κ1) is 18.6. The molecule has 2 aromatic heterocycles. The van der Waals surface area contributed by atoms with Crippen molar-refractivity contribution in [3.8, 4) is 11.1 Å².